The molecule has 0 unspecified atom stereocenters. The van der Waals surface area contributed by atoms with Crippen LogP contribution < -0.4 is 5.32 Å². The Balaban J connectivity index is 2.25. The van der Waals surface area contributed by atoms with Gasteiger partial charge in [-0.3, -0.25) is 4.79 Å². The maximum absolute atomic E-state index is 11.9. The first-order valence-electron chi connectivity index (χ1n) is 5.27. The fraction of sp³-hybridized carbons (Fsp3) is 0. The van der Waals surface area contributed by atoms with E-state index in [1.165, 1.54) is 18.3 Å². The van der Waals surface area contributed by atoms with Crippen molar-refractivity contribution in [1.29, 1.82) is 5.26 Å². The van der Waals surface area contributed by atoms with Gasteiger partial charge in [0.15, 0.2) is 5.69 Å². The second kappa shape index (κ2) is 5.50. The number of amides is 1. The molecule has 1 amide bonds. The van der Waals surface area contributed by atoms with Crippen molar-refractivity contribution in [2.75, 3.05) is 5.32 Å². The van der Waals surface area contributed by atoms with Gasteiger partial charge >= 0.3 is 0 Å². The van der Waals surface area contributed by atoms with Gasteiger partial charge in [0.05, 0.1) is 17.3 Å². The summed E-state index contributed by atoms with van der Waals surface area (Å²) >= 11 is 3.26. The van der Waals surface area contributed by atoms with Crippen molar-refractivity contribution in [3.63, 3.8) is 0 Å². The van der Waals surface area contributed by atoms with E-state index in [4.69, 9.17) is 5.26 Å². The van der Waals surface area contributed by atoms with Crippen LogP contribution in [0.15, 0.2) is 41.0 Å². The van der Waals surface area contributed by atoms with Crippen molar-refractivity contribution < 1.29 is 9.90 Å². The largest absolute Gasteiger partial charge is 0.505 e. The van der Waals surface area contributed by atoms with Crippen LogP contribution in [0.2, 0.25) is 0 Å². The van der Waals surface area contributed by atoms with E-state index < -0.39 is 5.91 Å². The van der Waals surface area contributed by atoms with Crippen LogP contribution in [-0.4, -0.2) is 16.0 Å². The molecule has 2 N–H and O–H groups in total. The van der Waals surface area contributed by atoms with Crippen molar-refractivity contribution in [2.24, 2.45) is 0 Å². The van der Waals surface area contributed by atoms with Gasteiger partial charge in [-0.05, 0) is 46.3 Å². The zero-order valence-corrected chi connectivity index (χ0v) is 11.2. The first-order chi connectivity index (χ1) is 9.11. The van der Waals surface area contributed by atoms with E-state index in [0.717, 1.165) is 0 Å². The first kappa shape index (κ1) is 13.1. The fourth-order valence-electron chi connectivity index (χ4n) is 1.44. The number of carbonyl (C=O) groups is 1. The molecule has 6 heteroatoms. The molecule has 1 heterocycles. The third-order valence-electron chi connectivity index (χ3n) is 2.35. The molecule has 0 saturated heterocycles. The third kappa shape index (κ3) is 2.89. The Morgan fingerprint density at radius 1 is 1.42 bits per heavy atom. The highest BCUT2D eigenvalue weighted by molar-refractivity contribution is 9.10. The van der Waals surface area contributed by atoms with Crippen LogP contribution in [0.4, 0.5) is 5.69 Å². The van der Waals surface area contributed by atoms with Crippen molar-refractivity contribution >= 4 is 27.5 Å². The Morgan fingerprint density at radius 3 is 2.84 bits per heavy atom. The first-order valence-corrected chi connectivity index (χ1v) is 6.06. The molecule has 5 nitrogen and oxygen atoms in total. The second-order valence-electron chi connectivity index (χ2n) is 3.63. The summed E-state index contributed by atoms with van der Waals surface area (Å²) in [5.74, 6) is -0.715. The molecule has 0 atom stereocenters. The molecule has 1 aromatic heterocycles. The smallest absolute Gasteiger partial charge is 0.278 e. The average molecular weight is 318 g/mol. The lowest BCUT2D eigenvalue weighted by Crippen LogP contribution is -2.14. The quantitative estimate of drug-likeness (QED) is 0.891. The van der Waals surface area contributed by atoms with Gasteiger partial charge in [0, 0.05) is 10.7 Å². The minimum absolute atomic E-state index is 0.0567. The zero-order valence-electron chi connectivity index (χ0n) is 9.59. The van der Waals surface area contributed by atoms with Gasteiger partial charge < -0.3 is 10.4 Å². The van der Waals surface area contributed by atoms with Crippen molar-refractivity contribution in [1.82, 2.24) is 4.98 Å². The number of nitrogens with zero attached hydrogens (tertiary/aromatic N) is 2. The van der Waals surface area contributed by atoms with Gasteiger partial charge in [-0.1, -0.05) is 0 Å². The van der Waals surface area contributed by atoms with Crippen molar-refractivity contribution in [2.45, 2.75) is 0 Å². The van der Waals surface area contributed by atoms with E-state index in [2.05, 4.69) is 26.2 Å². The van der Waals surface area contributed by atoms with Gasteiger partial charge in [0.25, 0.3) is 5.91 Å². The summed E-state index contributed by atoms with van der Waals surface area (Å²) in [6.07, 6.45) is 1.42. The Labute approximate surface area is 117 Å². The third-order valence-corrected chi connectivity index (χ3v) is 3.00. The summed E-state index contributed by atoms with van der Waals surface area (Å²) in [5, 5.41) is 20.9. The predicted molar refractivity (Wildman–Crippen MR) is 72.7 cm³/mol. The van der Waals surface area contributed by atoms with Crippen molar-refractivity contribution in [3.8, 4) is 11.8 Å². The number of aromatic nitrogens is 1. The Bertz CT molecular complexity index is 680. The summed E-state index contributed by atoms with van der Waals surface area (Å²) < 4.78 is 0.579. The molecule has 94 valence electrons. The Morgan fingerprint density at radius 2 is 2.21 bits per heavy atom. The summed E-state index contributed by atoms with van der Waals surface area (Å²) in [4.78, 5) is 15.7. The lowest BCUT2D eigenvalue weighted by molar-refractivity contribution is 0.101. The molecule has 0 fully saturated rings. The highest BCUT2D eigenvalue weighted by atomic mass is 79.9. The molecule has 0 radical (unpaired) electrons. The Kier molecular flexibility index (Phi) is 3.78. The van der Waals surface area contributed by atoms with E-state index in [0.29, 0.717) is 15.7 Å². The molecule has 0 bridgehead atoms. The van der Waals surface area contributed by atoms with Crippen LogP contribution in [0, 0.1) is 11.3 Å². The van der Waals surface area contributed by atoms with Gasteiger partial charge in [0.1, 0.15) is 5.75 Å². The molecule has 0 aliphatic rings. The number of benzene rings is 1. The van der Waals surface area contributed by atoms with Gasteiger partial charge in [0.2, 0.25) is 0 Å². The predicted octanol–water partition coefficient (Wildman–Crippen LogP) is 2.67. The standard InChI is InChI=1S/C13H8BrN3O2/c14-9-6-8(7-15)3-4-10(9)17-13(19)12-11(18)2-1-5-16-12/h1-6,18H,(H,17,19). The minimum Gasteiger partial charge on any atom is -0.505 e. The summed E-state index contributed by atoms with van der Waals surface area (Å²) in [6, 6.07) is 9.68. The molecular formula is C13H8BrN3O2. The molecule has 0 spiro atoms. The SMILES string of the molecule is N#Cc1ccc(NC(=O)c2ncccc2O)c(Br)c1. The number of carbonyl (C=O) groups excluding carboxylic acids is 1. The molecule has 0 aliphatic carbocycles. The minimum atomic E-state index is -0.525. The molecule has 0 saturated carbocycles. The number of pyridine rings is 1. The van der Waals surface area contributed by atoms with E-state index in [1.54, 1.807) is 18.2 Å². The molecule has 19 heavy (non-hydrogen) atoms. The van der Waals surface area contributed by atoms with Crippen molar-refractivity contribution in [3.05, 3.63) is 52.3 Å². The van der Waals surface area contributed by atoms with Gasteiger partial charge in [-0.15, -0.1) is 0 Å². The van der Waals surface area contributed by atoms with E-state index in [-0.39, 0.29) is 11.4 Å². The highest BCUT2D eigenvalue weighted by Crippen LogP contribution is 2.24. The molecular weight excluding hydrogens is 310 g/mol. The zero-order chi connectivity index (χ0) is 13.8. The number of aromatic hydroxyl groups is 1. The van der Waals surface area contributed by atoms with E-state index in [1.807, 2.05) is 6.07 Å². The maximum Gasteiger partial charge on any atom is 0.278 e. The van der Waals surface area contributed by atoms with Crippen LogP contribution in [0.5, 0.6) is 5.75 Å². The number of halogens is 1. The fourth-order valence-corrected chi connectivity index (χ4v) is 1.92. The lowest BCUT2D eigenvalue weighted by atomic mass is 10.2. The van der Waals surface area contributed by atoms with Crippen LogP contribution in [0.25, 0.3) is 0 Å². The number of anilines is 1. The van der Waals surface area contributed by atoms with Crippen LogP contribution in [0.3, 0.4) is 0 Å². The van der Waals surface area contributed by atoms with Crippen LogP contribution in [0.1, 0.15) is 16.1 Å². The Hall–Kier alpha value is -2.39. The van der Waals surface area contributed by atoms with E-state index >= 15 is 0 Å². The van der Waals surface area contributed by atoms with Crippen LogP contribution >= 0.6 is 15.9 Å². The summed E-state index contributed by atoms with van der Waals surface area (Å²) in [6.45, 7) is 0. The number of hydrogen-bond acceptors (Lipinski definition) is 4. The topological polar surface area (TPSA) is 86.0 Å². The molecule has 2 rings (SSSR count). The monoisotopic (exact) mass is 317 g/mol. The number of nitrogens with one attached hydrogen (secondary N) is 1. The average Bonchev–Trinajstić information content (AvgIpc) is 2.41. The molecule has 0 aliphatic heterocycles. The normalized spacial score (nSPS) is 9.68. The van der Waals surface area contributed by atoms with Gasteiger partial charge in [-0.25, -0.2) is 4.98 Å². The van der Waals surface area contributed by atoms with E-state index in [9.17, 15) is 9.90 Å². The highest BCUT2D eigenvalue weighted by Gasteiger charge is 2.13. The second-order valence-corrected chi connectivity index (χ2v) is 4.49. The number of nitriles is 1. The van der Waals surface area contributed by atoms with Crippen LogP contribution in [-0.2, 0) is 0 Å². The number of hydrogen-bond donors (Lipinski definition) is 2. The molecule has 1 aromatic carbocycles. The maximum atomic E-state index is 11.9. The van der Waals surface area contributed by atoms with Gasteiger partial charge in [-0.2, -0.15) is 5.26 Å². The number of rotatable bonds is 2. The molecule has 2 aromatic rings. The summed E-state index contributed by atoms with van der Waals surface area (Å²) in [5.41, 5.74) is 0.915. The summed E-state index contributed by atoms with van der Waals surface area (Å²) in [7, 11) is 0. The lowest BCUT2D eigenvalue weighted by Gasteiger charge is -2.07.